The second kappa shape index (κ2) is 10.1. The Morgan fingerprint density at radius 1 is 1.16 bits per heavy atom. The van der Waals surface area contributed by atoms with Crippen molar-refractivity contribution in [2.75, 3.05) is 19.0 Å². The number of anilines is 1. The zero-order valence-corrected chi connectivity index (χ0v) is 18.7. The van der Waals surface area contributed by atoms with Gasteiger partial charge in [-0.15, -0.1) is 11.3 Å². The van der Waals surface area contributed by atoms with Crippen LogP contribution in [0.15, 0.2) is 47.8 Å². The number of ether oxygens (including phenoxy) is 2. The molecule has 3 rings (SSSR count). The summed E-state index contributed by atoms with van der Waals surface area (Å²) in [6, 6.07) is 12.1. The van der Waals surface area contributed by atoms with Gasteiger partial charge in [0.25, 0.3) is 11.6 Å². The lowest BCUT2D eigenvalue weighted by atomic mass is 10.0. The number of hydrogen-bond acceptors (Lipinski definition) is 7. The highest BCUT2D eigenvalue weighted by Gasteiger charge is 2.22. The number of nitro groups is 1. The van der Waals surface area contributed by atoms with Crippen LogP contribution in [0, 0.1) is 17.0 Å². The Labute approximate surface area is 188 Å². The minimum Gasteiger partial charge on any atom is -0.484 e. The Hall–Kier alpha value is -3.72. The molecule has 32 heavy (non-hydrogen) atoms. The Balaban J connectivity index is 1.75. The van der Waals surface area contributed by atoms with E-state index in [9.17, 15) is 19.7 Å². The number of aryl methyl sites for hydroxylation is 2. The molecular formula is C23H22N2O6S. The molecule has 0 aliphatic heterocycles. The number of amides is 1. The molecule has 0 radical (unpaired) electrons. The third kappa shape index (κ3) is 5.12. The molecule has 3 aromatic rings. The van der Waals surface area contributed by atoms with Gasteiger partial charge >= 0.3 is 5.97 Å². The molecule has 0 spiro atoms. The first kappa shape index (κ1) is 23.0. The molecule has 0 saturated heterocycles. The Bertz CT molecular complexity index is 1150. The van der Waals surface area contributed by atoms with E-state index in [4.69, 9.17) is 9.47 Å². The number of nitro benzene ring substituents is 1. The van der Waals surface area contributed by atoms with Crippen molar-refractivity contribution >= 4 is 33.9 Å². The van der Waals surface area contributed by atoms with Crippen LogP contribution in [0.5, 0.6) is 5.75 Å². The third-order valence-corrected chi connectivity index (χ3v) is 5.74. The predicted octanol–water partition coefficient (Wildman–Crippen LogP) is 5.00. The SMILES string of the molecule is CCc1ccc(-c2csc(NC(=O)COc3ccc([N+](=O)[O-])c(C)c3)c2C(=O)OC)cc1. The van der Waals surface area contributed by atoms with Gasteiger partial charge in [-0.05, 0) is 36.6 Å². The highest BCUT2D eigenvalue weighted by atomic mass is 32.1. The number of nitrogens with one attached hydrogen (secondary N) is 1. The van der Waals surface area contributed by atoms with Crippen molar-refractivity contribution in [1.29, 1.82) is 0 Å². The number of rotatable bonds is 8. The summed E-state index contributed by atoms with van der Waals surface area (Å²) in [6.07, 6.45) is 0.906. The summed E-state index contributed by atoms with van der Waals surface area (Å²) in [5, 5.41) is 15.8. The van der Waals surface area contributed by atoms with Crippen molar-refractivity contribution in [1.82, 2.24) is 0 Å². The number of methoxy groups -OCH3 is 1. The number of hydrogen-bond donors (Lipinski definition) is 1. The van der Waals surface area contributed by atoms with Crippen molar-refractivity contribution in [2.24, 2.45) is 0 Å². The quantitative estimate of drug-likeness (QED) is 0.292. The number of thiophene rings is 1. The maximum Gasteiger partial charge on any atom is 0.341 e. The molecule has 0 unspecified atom stereocenters. The van der Waals surface area contributed by atoms with Crippen LogP contribution < -0.4 is 10.1 Å². The monoisotopic (exact) mass is 454 g/mol. The number of nitrogens with zero attached hydrogens (tertiary/aromatic N) is 1. The Kier molecular flexibility index (Phi) is 7.21. The van der Waals surface area contributed by atoms with Crippen LogP contribution in [0.1, 0.15) is 28.4 Å². The first-order valence-electron chi connectivity index (χ1n) is 9.80. The molecular weight excluding hydrogens is 432 g/mol. The van der Waals surface area contributed by atoms with Crippen molar-refractivity contribution < 1.29 is 24.0 Å². The summed E-state index contributed by atoms with van der Waals surface area (Å²) < 4.78 is 10.4. The van der Waals surface area contributed by atoms with E-state index in [0.717, 1.165) is 12.0 Å². The van der Waals surface area contributed by atoms with Gasteiger partial charge in [-0.1, -0.05) is 31.2 Å². The minimum absolute atomic E-state index is 0.0254. The normalized spacial score (nSPS) is 10.5. The van der Waals surface area contributed by atoms with Crippen LogP contribution in [-0.4, -0.2) is 30.5 Å². The van der Waals surface area contributed by atoms with Gasteiger partial charge < -0.3 is 14.8 Å². The molecule has 1 N–H and O–H groups in total. The Morgan fingerprint density at radius 3 is 2.47 bits per heavy atom. The number of benzene rings is 2. The molecule has 0 fully saturated rings. The molecule has 0 atom stereocenters. The fraction of sp³-hybridized carbons (Fsp3) is 0.217. The molecule has 0 bridgehead atoms. The summed E-state index contributed by atoms with van der Waals surface area (Å²) >= 11 is 1.22. The average Bonchev–Trinajstić information content (AvgIpc) is 3.20. The maximum absolute atomic E-state index is 12.4. The van der Waals surface area contributed by atoms with E-state index in [1.165, 1.54) is 42.2 Å². The summed E-state index contributed by atoms with van der Waals surface area (Å²) in [5.74, 6) is -0.691. The van der Waals surface area contributed by atoms with E-state index < -0.39 is 16.8 Å². The number of carbonyl (C=O) groups is 2. The van der Waals surface area contributed by atoms with Gasteiger partial charge in [-0.3, -0.25) is 14.9 Å². The van der Waals surface area contributed by atoms with Gasteiger partial charge in [-0.2, -0.15) is 0 Å². The third-order valence-electron chi connectivity index (χ3n) is 4.84. The van der Waals surface area contributed by atoms with E-state index >= 15 is 0 Å². The summed E-state index contributed by atoms with van der Waals surface area (Å²) in [6.45, 7) is 3.33. The summed E-state index contributed by atoms with van der Waals surface area (Å²) in [4.78, 5) is 35.3. The molecule has 8 nitrogen and oxygen atoms in total. The maximum atomic E-state index is 12.4. The second-order valence-corrected chi connectivity index (χ2v) is 7.82. The highest BCUT2D eigenvalue weighted by Crippen LogP contribution is 2.36. The van der Waals surface area contributed by atoms with E-state index in [1.807, 2.05) is 24.3 Å². The van der Waals surface area contributed by atoms with Crippen LogP contribution in [0.4, 0.5) is 10.7 Å². The topological polar surface area (TPSA) is 108 Å². The van der Waals surface area contributed by atoms with Gasteiger partial charge in [0.1, 0.15) is 16.3 Å². The molecule has 0 aliphatic rings. The van der Waals surface area contributed by atoms with Crippen LogP contribution in [0.2, 0.25) is 0 Å². The highest BCUT2D eigenvalue weighted by molar-refractivity contribution is 7.15. The van der Waals surface area contributed by atoms with E-state index in [1.54, 1.807) is 12.3 Å². The first-order valence-corrected chi connectivity index (χ1v) is 10.7. The fourth-order valence-electron chi connectivity index (χ4n) is 3.12. The van der Waals surface area contributed by atoms with E-state index in [2.05, 4.69) is 12.2 Å². The molecule has 166 valence electrons. The zero-order chi connectivity index (χ0) is 23.3. The zero-order valence-electron chi connectivity index (χ0n) is 17.8. The van der Waals surface area contributed by atoms with Crippen molar-refractivity contribution in [2.45, 2.75) is 20.3 Å². The summed E-state index contributed by atoms with van der Waals surface area (Å²) in [7, 11) is 1.29. The predicted molar refractivity (Wildman–Crippen MR) is 122 cm³/mol. The minimum atomic E-state index is -0.553. The van der Waals surface area contributed by atoms with Gasteiger partial charge in [0, 0.05) is 22.6 Å². The lowest BCUT2D eigenvalue weighted by molar-refractivity contribution is -0.385. The standard InChI is InChI=1S/C23H22N2O6S/c1-4-15-5-7-16(8-6-15)18-13-32-22(21(18)23(27)30-3)24-20(26)12-31-17-9-10-19(25(28)29)14(2)11-17/h5-11,13H,4,12H2,1-3H3,(H,24,26). The van der Waals surface area contributed by atoms with Crippen molar-refractivity contribution in [3.05, 3.63) is 74.6 Å². The lowest BCUT2D eigenvalue weighted by Gasteiger charge is -2.09. The Morgan fingerprint density at radius 2 is 1.88 bits per heavy atom. The molecule has 9 heteroatoms. The molecule has 1 amide bonds. The lowest BCUT2D eigenvalue weighted by Crippen LogP contribution is -2.21. The van der Waals surface area contributed by atoms with Crippen molar-refractivity contribution in [3.8, 4) is 16.9 Å². The average molecular weight is 455 g/mol. The first-order chi connectivity index (χ1) is 15.3. The smallest absolute Gasteiger partial charge is 0.341 e. The van der Waals surface area contributed by atoms with Gasteiger partial charge in [0.05, 0.1) is 12.0 Å². The molecule has 0 aliphatic carbocycles. The molecule has 0 saturated carbocycles. The van der Waals surface area contributed by atoms with Gasteiger partial charge in [0.15, 0.2) is 6.61 Å². The van der Waals surface area contributed by atoms with Crippen LogP contribution in [0.25, 0.3) is 11.1 Å². The van der Waals surface area contributed by atoms with Gasteiger partial charge in [-0.25, -0.2) is 4.79 Å². The number of carbonyl (C=O) groups excluding carboxylic acids is 2. The van der Waals surface area contributed by atoms with E-state index in [0.29, 0.717) is 21.9 Å². The van der Waals surface area contributed by atoms with Crippen LogP contribution >= 0.6 is 11.3 Å². The number of esters is 1. The van der Waals surface area contributed by atoms with E-state index in [-0.39, 0.29) is 17.9 Å². The fourth-order valence-corrected chi connectivity index (χ4v) is 4.09. The van der Waals surface area contributed by atoms with Crippen LogP contribution in [0.3, 0.4) is 0 Å². The summed E-state index contributed by atoms with van der Waals surface area (Å²) in [5.41, 5.74) is 3.38. The molecule has 1 heterocycles. The molecule has 2 aromatic carbocycles. The molecule has 1 aromatic heterocycles. The van der Waals surface area contributed by atoms with Gasteiger partial charge in [0.2, 0.25) is 0 Å². The van der Waals surface area contributed by atoms with Crippen molar-refractivity contribution in [3.63, 3.8) is 0 Å². The van der Waals surface area contributed by atoms with Crippen LogP contribution in [-0.2, 0) is 16.0 Å². The second-order valence-electron chi connectivity index (χ2n) is 6.94. The largest absolute Gasteiger partial charge is 0.484 e.